The summed E-state index contributed by atoms with van der Waals surface area (Å²) in [4.78, 5) is 27.6. The summed E-state index contributed by atoms with van der Waals surface area (Å²) in [5, 5.41) is 11.9. The molecule has 0 atom stereocenters. The zero-order chi connectivity index (χ0) is 17.7. The highest BCUT2D eigenvalue weighted by Crippen LogP contribution is 2.32. The van der Waals surface area contributed by atoms with Gasteiger partial charge in [-0.15, -0.1) is 0 Å². The summed E-state index contributed by atoms with van der Waals surface area (Å²) in [7, 11) is 0. The van der Waals surface area contributed by atoms with E-state index in [1.54, 1.807) is 18.5 Å². The van der Waals surface area contributed by atoms with Crippen molar-refractivity contribution in [3.05, 3.63) is 59.9 Å². The average Bonchev–Trinajstić information content (AvgIpc) is 2.57. The van der Waals surface area contributed by atoms with Gasteiger partial charge in [-0.05, 0) is 43.0 Å². The highest BCUT2D eigenvalue weighted by Gasteiger charge is 2.45. The Labute approximate surface area is 145 Å². The fourth-order valence-corrected chi connectivity index (χ4v) is 2.81. The van der Waals surface area contributed by atoms with E-state index in [0.717, 1.165) is 17.5 Å². The molecule has 1 amide bonds. The Morgan fingerprint density at radius 1 is 1.20 bits per heavy atom. The standard InChI is InChI=1S/C19H20N2O4/c22-17(21-19(18(23)24)7-3-8-19)11-14-4-1-6-16(10-14)25-13-15-5-2-9-20-12-15/h1-2,4-6,9-10,12H,3,7-8,11,13H2,(H,21,22)(H,23,24). The zero-order valence-corrected chi connectivity index (χ0v) is 13.8. The Hall–Kier alpha value is -2.89. The van der Waals surface area contributed by atoms with Gasteiger partial charge >= 0.3 is 5.97 Å². The van der Waals surface area contributed by atoms with Crippen LogP contribution in [0.1, 0.15) is 30.4 Å². The van der Waals surface area contributed by atoms with Crippen LogP contribution < -0.4 is 10.1 Å². The molecular weight excluding hydrogens is 320 g/mol. The fourth-order valence-electron chi connectivity index (χ4n) is 2.81. The van der Waals surface area contributed by atoms with Gasteiger partial charge in [0.1, 0.15) is 17.9 Å². The van der Waals surface area contributed by atoms with Crippen LogP contribution in [0.15, 0.2) is 48.8 Å². The van der Waals surface area contributed by atoms with Crippen molar-refractivity contribution in [3.8, 4) is 5.75 Å². The van der Waals surface area contributed by atoms with Gasteiger partial charge in [-0.2, -0.15) is 0 Å². The summed E-state index contributed by atoms with van der Waals surface area (Å²) in [6.45, 7) is 0.394. The number of hydrogen-bond donors (Lipinski definition) is 2. The molecule has 1 aliphatic rings. The van der Waals surface area contributed by atoms with Crippen molar-refractivity contribution >= 4 is 11.9 Å². The van der Waals surface area contributed by atoms with E-state index < -0.39 is 11.5 Å². The number of hydrogen-bond acceptors (Lipinski definition) is 4. The number of nitrogens with zero attached hydrogens (tertiary/aromatic N) is 1. The van der Waals surface area contributed by atoms with E-state index in [2.05, 4.69) is 10.3 Å². The monoisotopic (exact) mass is 340 g/mol. The van der Waals surface area contributed by atoms with Gasteiger partial charge in [0.15, 0.2) is 0 Å². The molecule has 0 radical (unpaired) electrons. The van der Waals surface area contributed by atoms with Crippen molar-refractivity contribution in [1.29, 1.82) is 0 Å². The Morgan fingerprint density at radius 3 is 2.64 bits per heavy atom. The summed E-state index contributed by atoms with van der Waals surface area (Å²) in [6, 6.07) is 11.0. The van der Waals surface area contributed by atoms with Crippen LogP contribution >= 0.6 is 0 Å². The molecule has 1 saturated carbocycles. The maximum atomic E-state index is 12.2. The van der Waals surface area contributed by atoms with E-state index in [1.807, 2.05) is 30.3 Å². The maximum absolute atomic E-state index is 12.2. The van der Waals surface area contributed by atoms with E-state index in [4.69, 9.17) is 4.74 Å². The van der Waals surface area contributed by atoms with Gasteiger partial charge in [-0.1, -0.05) is 18.2 Å². The highest BCUT2D eigenvalue weighted by atomic mass is 16.5. The van der Waals surface area contributed by atoms with Crippen LogP contribution in [0.3, 0.4) is 0 Å². The van der Waals surface area contributed by atoms with Crippen molar-refractivity contribution in [1.82, 2.24) is 10.3 Å². The van der Waals surface area contributed by atoms with Gasteiger partial charge in [0, 0.05) is 18.0 Å². The molecule has 25 heavy (non-hydrogen) atoms. The Kier molecular flexibility index (Phi) is 4.97. The maximum Gasteiger partial charge on any atom is 0.329 e. The SMILES string of the molecule is O=C(Cc1cccc(OCc2cccnc2)c1)NC1(C(=O)O)CCC1. The number of ether oxygens (including phenoxy) is 1. The van der Waals surface area contributed by atoms with Gasteiger partial charge in [-0.25, -0.2) is 4.79 Å². The lowest BCUT2D eigenvalue weighted by molar-refractivity contribution is -0.151. The predicted octanol–water partition coefficient (Wildman–Crippen LogP) is 2.33. The third-order valence-corrected chi connectivity index (χ3v) is 4.39. The van der Waals surface area contributed by atoms with Crippen molar-refractivity contribution in [3.63, 3.8) is 0 Å². The third-order valence-electron chi connectivity index (χ3n) is 4.39. The molecule has 1 heterocycles. The van der Waals surface area contributed by atoms with E-state index >= 15 is 0 Å². The van der Waals surface area contributed by atoms with Gasteiger partial charge in [0.25, 0.3) is 0 Å². The minimum Gasteiger partial charge on any atom is -0.489 e. The lowest BCUT2D eigenvalue weighted by Crippen LogP contribution is -2.59. The van der Waals surface area contributed by atoms with Crippen molar-refractivity contribution < 1.29 is 19.4 Å². The molecule has 6 heteroatoms. The number of amides is 1. The lowest BCUT2D eigenvalue weighted by Gasteiger charge is -2.38. The van der Waals surface area contributed by atoms with Crippen LogP contribution in [0.25, 0.3) is 0 Å². The molecule has 1 aromatic heterocycles. The number of rotatable bonds is 7. The fraction of sp³-hybridized carbons (Fsp3) is 0.316. The van der Waals surface area contributed by atoms with Crippen LogP contribution in [0, 0.1) is 0 Å². The molecule has 130 valence electrons. The molecule has 1 aliphatic carbocycles. The zero-order valence-electron chi connectivity index (χ0n) is 13.8. The molecule has 0 spiro atoms. The Morgan fingerprint density at radius 2 is 2.00 bits per heavy atom. The van der Waals surface area contributed by atoms with Gasteiger partial charge in [-0.3, -0.25) is 9.78 Å². The lowest BCUT2D eigenvalue weighted by atomic mass is 9.76. The van der Waals surface area contributed by atoms with E-state index in [-0.39, 0.29) is 12.3 Å². The first-order chi connectivity index (χ1) is 12.1. The number of pyridine rings is 1. The number of carbonyl (C=O) groups excluding carboxylic acids is 1. The normalized spacial score (nSPS) is 15.0. The minimum absolute atomic E-state index is 0.124. The minimum atomic E-state index is -1.08. The van der Waals surface area contributed by atoms with E-state index in [9.17, 15) is 14.7 Å². The number of carboxylic acids is 1. The third kappa shape index (κ3) is 4.15. The molecule has 0 aliphatic heterocycles. The van der Waals surface area contributed by atoms with E-state index in [1.165, 1.54) is 0 Å². The highest BCUT2D eigenvalue weighted by molar-refractivity contribution is 5.88. The van der Waals surface area contributed by atoms with Crippen molar-refractivity contribution in [2.75, 3.05) is 0 Å². The van der Waals surface area contributed by atoms with Crippen LogP contribution in [-0.2, 0) is 22.6 Å². The van der Waals surface area contributed by atoms with Crippen LogP contribution in [0.2, 0.25) is 0 Å². The molecule has 0 unspecified atom stereocenters. The molecule has 0 bridgehead atoms. The number of aliphatic carboxylic acids is 1. The summed E-state index contributed by atoms with van der Waals surface area (Å²) < 4.78 is 5.72. The number of aromatic nitrogens is 1. The van der Waals surface area contributed by atoms with Crippen LogP contribution in [-0.4, -0.2) is 27.5 Å². The molecule has 1 fully saturated rings. The van der Waals surface area contributed by atoms with Gasteiger partial charge in [0.2, 0.25) is 5.91 Å². The second-order valence-electron chi connectivity index (χ2n) is 6.26. The van der Waals surface area contributed by atoms with E-state index in [0.29, 0.717) is 25.2 Å². The molecule has 2 aromatic rings. The smallest absolute Gasteiger partial charge is 0.329 e. The second kappa shape index (κ2) is 7.34. The topological polar surface area (TPSA) is 88.5 Å². The Balaban J connectivity index is 1.58. The first-order valence-corrected chi connectivity index (χ1v) is 8.22. The summed E-state index contributed by atoms with van der Waals surface area (Å²) in [5.41, 5.74) is 0.658. The molecule has 2 N–H and O–H groups in total. The predicted molar refractivity (Wildman–Crippen MR) is 91.1 cm³/mol. The number of nitrogens with one attached hydrogen (secondary N) is 1. The summed E-state index contributed by atoms with van der Waals surface area (Å²) in [6.07, 6.45) is 5.37. The number of benzene rings is 1. The largest absolute Gasteiger partial charge is 0.489 e. The summed E-state index contributed by atoms with van der Waals surface area (Å²) in [5.74, 6) is -0.585. The number of carboxylic acid groups (broad SMARTS) is 1. The van der Waals surface area contributed by atoms with Crippen molar-refractivity contribution in [2.24, 2.45) is 0 Å². The second-order valence-corrected chi connectivity index (χ2v) is 6.26. The average molecular weight is 340 g/mol. The first kappa shape index (κ1) is 17.0. The molecule has 1 aromatic carbocycles. The Bertz CT molecular complexity index is 757. The molecule has 6 nitrogen and oxygen atoms in total. The first-order valence-electron chi connectivity index (χ1n) is 8.22. The quantitative estimate of drug-likeness (QED) is 0.807. The van der Waals surface area contributed by atoms with Crippen molar-refractivity contribution in [2.45, 2.75) is 37.8 Å². The van der Waals surface area contributed by atoms with Gasteiger partial charge in [0.05, 0.1) is 6.42 Å². The van der Waals surface area contributed by atoms with Gasteiger partial charge < -0.3 is 15.2 Å². The van der Waals surface area contributed by atoms with Crippen LogP contribution in [0.4, 0.5) is 0 Å². The number of carbonyl (C=O) groups is 2. The summed E-state index contributed by atoms with van der Waals surface area (Å²) >= 11 is 0. The molecule has 3 rings (SSSR count). The molecular formula is C19H20N2O4. The molecule has 0 saturated heterocycles. The van der Waals surface area contributed by atoms with Crippen LogP contribution in [0.5, 0.6) is 5.75 Å².